The minimum atomic E-state index is -0.673. The van der Waals surface area contributed by atoms with Gasteiger partial charge >= 0.3 is 0 Å². The number of hydrogen-bond donors (Lipinski definition) is 1. The summed E-state index contributed by atoms with van der Waals surface area (Å²) in [5, 5.41) is 5.48. The molecule has 0 spiro atoms. The van der Waals surface area contributed by atoms with Gasteiger partial charge in [0, 0.05) is 36.3 Å². The van der Waals surface area contributed by atoms with Crippen molar-refractivity contribution < 1.29 is 9.53 Å². The molecule has 3 aromatic rings. The molecule has 1 aromatic heterocycles. The molecule has 1 N–H and O–H groups in total. The highest BCUT2D eigenvalue weighted by Gasteiger charge is 2.39. The van der Waals surface area contributed by atoms with E-state index in [0.717, 1.165) is 37.4 Å². The van der Waals surface area contributed by atoms with Crippen molar-refractivity contribution in [3.05, 3.63) is 77.3 Å². The van der Waals surface area contributed by atoms with Crippen molar-refractivity contribution in [3.63, 3.8) is 0 Å². The minimum absolute atomic E-state index is 0.0384. The van der Waals surface area contributed by atoms with Crippen LogP contribution in [0.15, 0.2) is 66.2 Å². The van der Waals surface area contributed by atoms with E-state index >= 15 is 0 Å². The second-order valence-corrected chi connectivity index (χ2v) is 8.94. The first-order valence-corrected chi connectivity index (χ1v) is 11.1. The van der Waals surface area contributed by atoms with Crippen LogP contribution < -0.4 is 10.2 Å². The van der Waals surface area contributed by atoms with E-state index in [1.807, 2.05) is 37.4 Å². The van der Waals surface area contributed by atoms with E-state index in [1.165, 1.54) is 17.0 Å². The van der Waals surface area contributed by atoms with E-state index in [0.29, 0.717) is 5.13 Å². The number of aromatic nitrogens is 1. The Kier molecular flexibility index (Phi) is 6.16. The lowest BCUT2D eigenvalue weighted by Crippen LogP contribution is -2.37. The molecule has 1 atom stereocenters. The Morgan fingerprint density at radius 3 is 2.37 bits per heavy atom. The predicted molar refractivity (Wildman–Crippen MR) is 122 cm³/mol. The number of benzene rings is 2. The van der Waals surface area contributed by atoms with Crippen LogP contribution in [0.25, 0.3) is 0 Å². The summed E-state index contributed by atoms with van der Waals surface area (Å²) in [4.78, 5) is 19.8. The predicted octanol–water partition coefficient (Wildman–Crippen LogP) is 4.78. The number of morpholine rings is 1. The zero-order chi connectivity index (χ0) is 21.0. The summed E-state index contributed by atoms with van der Waals surface area (Å²) in [7, 11) is 0. The maximum atomic E-state index is 13.3. The van der Waals surface area contributed by atoms with E-state index in [4.69, 9.17) is 4.74 Å². The molecule has 1 fully saturated rings. The lowest BCUT2D eigenvalue weighted by molar-refractivity contribution is -0.124. The molecule has 0 bridgehead atoms. The van der Waals surface area contributed by atoms with Crippen LogP contribution in [0.3, 0.4) is 0 Å². The van der Waals surface area contributed by atoms with Crippen LogP contribution in [0.1, 0.15) is 30.9 Å². The van der Waals surface area contributed by atoms with Crippen LogP contribution in [0, 0.1) is 5.41 Å². The zero-order valence-corrected chi connectivity index (χ0v) is 18.2. The number of anilines is 2. The molecule has 0 saturated carbocycles. The third-order valence-electron chi connectivity index (χ3n) is 5.70. The summed E-state index contributed by atoms with van der Waals surface area (Å²) in [6.45, 7) is 7.34. The molecule has 30 heavy (non-hydrogen) atoms. The van der Waals surface area contributed by atoms with E-state index in [9.17, 15) is 4.79 Å². The fourth-order valence-corrected chi connectivity index (χ4v) is 4.57. The van der Waals surface area contributed by atoms with Crippen LogP contribution in [0.5, 0.6) is 0 Å². The lowest BCUT2D eigenvalue weighted by atomic mass is 9.70. The average molecular weight is 422 g/mol. The van der Waals surface area contributed by atoms with Crippen molar-refractivity contribution in [1.82, 2.24) is 4.98 Å². The molecule has 4 rings (SSSR count). The van der Waals surface area contributed by atoms with Gasteiger partial charge in [0.15, 0.2) is 5.13 Å². The quantitative estimate of drug-likeness (QED) is 0.623. The van der Waals surface area contributed by atoms with Gasteiger partial charge in [-0.3, -0.25) is 4.79 Å². The van der Waals surface area contributed by atoms with Crippen molar-refractivity contribution in [1.29, 1.82) is 0 Å². The molecular weight excluding hydrogens is 394 g/mol. The molecule has 2 heterocycles. The minimum Gasteiger partial charge on any atom is -0.378 e. The number of hydrogen-bond acceptors (Lipinski definition) is 5. The SMILES string of the molecule is CC(C)(C(=O)Nc1nccs1)C(c1ccccc1)c1ccc(N2CCOCC2)cc1. The van der Waals surface area contributed by atoms with Crippen LogP contribution >= 0.6 is 11.3 Å². The van der Waals surface area contributed by atoms with E-state index in [2.05, 4.69) is 51.6 Å². The molecule has 1 aliphatic heterocycles. The Labute approximate surface area is 181 Å². The monoisotopic (exact) mass is 421 g/mol. The lowest BCUT2D eigenvalue weighted by Gasteiger charge is -2.34. The number of rotatable bonds is 6. The first-order valence-electron chi connectivity index (χ1n) is 10.2. The summed E-state index contributed by atoms with van der Waals surface area (Å²) in [5.74, 6) is -0.124. The van der Waals surface area contributed by atoms with Crippen LogP contribution in [-0.4, -0.2) is 37.2 Å². The van der Waals surface area contributed by atoms with Crippen molar-refractivity contribution in [2.24, 2.45) is 5.41 Å². The van der Waals surface area contributed by atoms with Crippen LogP contribution in [0.4, 0.5) is 10.8 Å². The molecule has 5 nitrogen and oxygen atoms in total. The smallest absolute Gasteiger partial charge is 0.232 e. The van der Waals surface area contributed by atoms with Gasteiger partial charge in [-0.1, -0.05) is 56.3 Å². The Bertz CT molecular complexity index is 950. The van der Waals surface area contributed by atoms with Crippen LogP contribution in [0.2, 0.25) is 0 Å². The van der Waals surface area contributed by atoms with E-state index in [-0.39, 0.29) is 11.8 Å². The van der Waals surface area contributed by atoms with Gasteiger partial charge in [0.1, 0.15) is 0 Å². The summed E-state index contributed by atoms with van der Waals surface area (Å²) in [6, 6.07) is 18.9. The Hall–Kier alpha value is -2.70. The van der Waals surface area contributed by atoms with Crippen molar-refractivity contribution in [3.8, 4) is 0 Å². The molecule has 0 radical (unpaired) electrons. The number of carbonyl (C=O) groups excluding carboxylic acids is 1. The third-order valence-corrected chi connectivity index (χ3v) is 6.38. The zero-order valence-electron chi connectivity index (χ0n) is 17.4. The van der Waals surface area contributed by atoms with Gasteiger partial charge in [0.05, 0.1) is 18.6 Å². The molecular formula is C24H27N3O2S. The van der Waals surface area contributed by atoms with Gasteiger partial charge in [-0.15, -0.1) is 11.3 Å². The summed E-state index contributed by atoms with van der Waals surface area (Å²) >= 11 is 1.43. The normalized spacial score (nSPS) is 15.6. The standard InChI is InChI=1S/C24H27N3O2S/c1-24(2,22(28)26-23-25-12-17-30-23)21(18-6-4-3-5-7-18)19-8-10-20(11-9-19)27-13-15-29-16-14-27/h3-12,17,21H,13-16H2,1-2H3,(H,25,26,28). The topological polar surface area (TPSA) is 54.5 Å². The third kappa shape index (κ3) is 4.40. The first-order chi connectivity index (χ1) is 14.6. The van der Waals surface area contributed by atoms with Gasteiger partial charge < -0.3 is 15.0 Å². The molecule has 1 saturated heterocycles. The van der Waals surface area contributed by atoms with Crippen LogP contribution in [-0.2, 0) is 9.53 Å². The molecule has 1 amide bonds. The first kappa shape index (κ1) is 20.6. The molecule has 1 unspecified atom stereocenters. The molecule has 0 aliphatic carbocycles. The second-order valence-electron chi connectivity index (χ2n) is 8.05. The number of ether oxygens (including phenoxy) is 1. The summed E-state index contributed by atoms with van der Waals surface area (Å²) < 4.78 is 5.46. The highest BCUT2D eigenvalue weighted by atomic mass is 32.1. The van der Waals surface area contributed by atoms with E-state index < -0.39 is 5.41 Å². The van der Waals surface area contributed by atoms with Gasteiger partial charge in [-0.25, -0.2) is 4.98 Å². The van der Waals surface area contributed by atoms with Gasteiger partial charge in [-0.05, 0) is 23.3 Å². The average Bonchev–Trinajstić information content (AvgIpc) is 3.29. The van der Waals surface area contributed by atoms with Crippen molar-refractivity contribution in [2.45, 2.75) is 19.8 Å². The van der Waals surface area contributed by atoms with Gasteiger partial charge in [-0.2, -0.15) is 0 Å². The fourth-order valence-electron chi connectivity index (χ4n) is 4.04. The molecule has 1 aliphatic rings. The molecule has 6 heteroatoms. The van der Waals surface area contributed by atoms with Crippen molar-refractivity contribution in [2.75, 3.05) is 36.5 Å². The molecule has 2 aromatic carbocycles. The highest BCUT2D eigenvalue weighted by Crippen LogP contribution is 2.42. The number of carbonyl (C=O) groups is 1. The Morgan fingerprint density at radius 2 is 1.73 bits per heavy atom. The second kappa shape index (κ2) is 8.98. The van der Waals surface area contributed by atoms with Crippen molar-refractivity contribution >= 4 is 28.1 Å². The Morgan fingerprint density at radius 1 is 1.07 bits per heavy atom. The maximum absolute atomic E-state index is 13.3. The summed E-state index contributed by atoms with van der Waals surface area (Å²) in [6.07, 6.45) is 1.70. The maximum Gasteiger partial charge on any atom is 0.232 e. The molecule has 156 valence electrons. The summed E-state index contributed by atoms with van der Waals surface area (Å²) in [5.41, 5.74) is 2.76. The van der Waals surface area contributed by atoms with Gasteiger partial charge in [0.25, 0.3) is 0 Å². The van der Waals surface area contributed by atoms with Gasteiger partial charge in [0.2, 0.25) is 5.91 Å². The van der Waals surface area contributed by atoms with E-state index in [1.54, 1.807) is 6.20 Å². The number of thiazole rings is 1. The number of nitrogens with zero attached hydrogens (tertiary/aromatic N) is 2. The fraction of sp³-hybridized carbons (Fsp3) is 0.333. The highest BCUT2D eigenvalue weighted by molar-refractivity contribution is 7.13. The largest absolute Gasteiger partial charge is 0.378 e. The number of amides is 1. The number of nitrogens with one attached hydrogen (secondary N) is 1. The Balaban J connectivity index is 1.65.